The maximum atomic E-state index is 13.1. The van der Waals surface area contributed by atoms with Crippen LogP contribution in [-0.2, 0) is 73.5 Å². The fourth-order valence-electron chi connectivity index (χ4n) is 9.62. The Hall–Kier alpha value is -1.60. The van der Waals surface area contributed by atoms with E-state index in [0.29, 0.717) is 74.6 Å². The molecule has 0 heterocycles. The molecule has 2 aromatic rings. The summed E-state index contributed by atoms with van der Waals surface area (Å²) in [7, 11) is -14.4. The number of carbonyl (C=O) groups excluding carboxylic acids is 2. The standard InChI is InChI=1S/C32H44Cl2NO6P.C22H47O17P3/c1-35(31-21-19-26(27-15-10-11-16-28(27)31)24-18-20-29(33)30(34)23-24)32(37)17-9-4-3-7-13-25(36)14-8-5-6-12-22-41-42(38,39)40-2;1-3-33-10-6-4-8-12-35-41(28,29)37-15-14-34-11-7-5-9-13-36-42(30,31)38-17-19-16-22(25,18-23)21(24)20(19)39-40(26,27)32-2/h10-11,15-16,18,20,23,26,31H,3-9,12-14,17,19,21-22H2,1-2H3,(H,38,39);19-21,23-25H,3-18H2,1-2H3,(H,26,27)(H,28,29)(H,30,31)/p-4/t26-,31-;19-,20+,21?,22+/m01/s1. The molecule has 1 saturated carbocycles. The van der Waals surface area contributed by atoms with Gasteiger partial charge in [-0.15, -0.1) is 0 Å². The number of unbranched alkanes of at least 4 members (excludes halogenated alkanes) is 10. The molecule has 484 valence electrons. The van der Waals surface area contributed by atoms with Crippen LogP contribution in [0, 0.1) is 5.92 Å². The molecular formula is C54H87Cl2NO23P4-4. The summed E-state index contributed by atoms with van der Waals surface area (Å²) in [6.07, 6.45) is 9.66. The van der Waals surface area contributed by atoms with Gasteiger partial charge in [0.2, 0.25) is 5.91 Å². The quantitative estimate of drug-likeness (QED) is 0.0414. The van der Waals surface area contributed by atoms with Crippen LogP contribution in [0.25, 0.3) is 0 Å². The third-order valence-corrected chi connectivity index (χ3v) is 18.9. The molecular weight excluding hydrogens is 1230 g/mol. The van der Waals surface area contributed by atoms with E-state index in [9.17, 15) is 62.7 Å². The predicted molar refractivity (Wildman–Crippen MR) is 306 cm³/mol. The van der Waals surface area contributed by atoms with E-state index in [-0.39, 0.29) is 63.3 Å². The topological polar surface area (TPSA) is 351 Å². The van der Waals surface area contributed by atoms with Crippen LogP contribution in [0.2, 0.25) is 10.0 Å². The number of Topliss-reactive ketones (excluding diaryl/α,β-unsaturated/α-hetero) is 1. The lowest BCUT2D eigenvalue weighted by Crippen LogP contribution is -2.46. The fraction of sp³-hybridized carbons (Fsp3) is 0.741. The van der Waals surface area contributed by atoms with Crippen LogP contribution in [0.1, 0.15) is 164 Å². The van der Waals surface area contributed by atoms with Crippen molar-refractivity contribution in [2.24, 2.45) is 5.92 Å². The van der Waals surface area contributed by atoms with Gasteiger partial charge in [-0.1, -0.05) is 79.2 Å². The largest absolute Gasteiger partial charge is 0.756 e. The summed E-state index contributed by atoms with van der Waals surface area (Å²) in [4.78, 5) is 73.7. The van der Waals surface area contributed by atoms with Gasteiger partial charge in [0.15, 0.2) is 0 Å². The number of ether oxygens (including phenoxy) is 2. The smallest absolute Gasteiger partial charge is 0.267 e. The highest BCUT2D eigenvalue weighted by Gasteiger charge is 2.54. The number of rotatable bonds is 44. The molecule has 84 heavy (non-hydrogen) atoms. The summed E-state index contributed by atoms with van der Waals surface area (Å²) >= 11 is 12.4. The van der Waals surface area contributed by atoms with Gasteiger partial charge in [-0.2, -0.15) is 0 Å². The molecule has 2 aliphatic rings. The summed E-state index contributed by atoms with van der Waals surface area (Å²) in [5, 5.41) is 31.0. The van der Waals surface area contributed by atoms with Gasteiger partial charge in [0.25, 0.3) is 31.3 Å². The first-order valence-corrected chi connectivity index (χ1v) is 35.2. The van der Waals surface area contributed by atoms with Crippen molar-refractivity contribution in [1.82, 2.24) is 4.90 Å². The lowest BCUT2D eigenvalue weighted by molar-refractivity contribution is -0.235. The van der Waals surface area contributed by atoms with Gasteiger partial charge in [0.05, 0.1) is 68.4 Å². The second-order valence-electron chi connectivity index (χ2n) is 20.5. The number of aliphatic hydroxyl groups excluding tert-OH is 2. The SMILES string of the molecule is CCOCCCCCOP(=O)([O-])OCCOCCCCCOP(=O)([O-])OC[C@H]1C[C@](O)(CO)C(O)[C@H]1OP(=O)([O-])OC.COP(=O)([O-])OCCCCCCC(=O)CCCCCCC(=O)N(C)[C@H]1CC[C@@H](c2ccc(Cl)c(Cl)c2)c2ccccc21. The minimum Gasteiger partial charge on any atom is -0.756 e. The Morgan fingerprint density at radius 1 is 0.631 bits per heavy atom. The van der Waals surface area contributed by atoms with E-state index in [1.54, 1.807) is 0 Å². The summed E-state index contributed by atoms with van der Waals surface area (Å²) in [5.74, 6) is -0.495. The van der Waals surface area contributed by atoms with E-state index in [2.05, 4.69) is 31.8 Å². The third kappa shape index (κ3) is 29.4. The van der Waals surface area contributed by atoms with Gasteiger partial charge in [-0.05, 0) is 119 Å². The molecule has 4 rings (SSSR count). The highest BCUT2D eigenvalue weighted by molar-refractivity contribution is 7.46. The predicted octanol–water partition coefficient (Wildman–Crippen LogP) is 8.40. The Morgan fingerprint density at radius 2 is 1.14 bits per heavy atom. The summed E-state index contributed by atoms with van der Waals surface area (Å²) < 4.78 is 93.9. The van der Waals surface area contributed by atoms with Crippen LogP contribution in [0.5, 0.6) is 0 Å². The van der Waals surface area contributed by atoms with Gasteiger partial charge in [-0.3, -0.25) is 27.8 Å². The van der Waals surface area contributed by atoms with Crippen molar-refractivity contribution in [3.05, 3.63) is 69.2 Å². The molecule has 30 heteroatoms. The monoisotopic (exact) mass is 1310 g/mol. The molecule has 0 aromatic heterocycles. The number of hydrogen-bond acceptors (Lipinski definition) is 23. The molecule has 5 unspecified atom stereocenters. The van der Waals surface area contributed by atoms with E-state index in [0.717, 1.165) is 90.4 Å². The molecule has 2 aliphatic carbocycles. The number of hydrogen-bond donors (Lipinski definition) is 3. The molecule has 1 fully saturated rings. The van der Waals surface area contributed by atoms with Crippen LogP contribution in [0.4, 0.5) is 0 Å². The summed E-state index contributed by atoms with van der Waals surface area (Å²) in [6, 6.07) is 14.3. The Balaban J connectivity index is 0.000000440. The van der Waals surface area contributed by atoms with Crippen LogP contribution in [0.15, 0.2) is 42.5 Å². The molecule has 2 aromatic carbocycles. The summed E-state index contributed by atoms with van der Waals surface area (Å²) in [6.45, 7) is 1.52. The molecule has 3 N–H and O–H groups in total. The third-order valence-electron chi connectivity index (χ3n) is 14.3. The van der Waals surface area contributed by atoms with Crippen molar-refractivity contribution < 1.29 is 108 Å². The first-order chi connectivity index (χ1) is 39.8. The van der Waals surface area contributed by atoms with Gasteiger partial charge in [-0.25, -0.2) is 0 Å². The number of halogens is 2. The number of nitrogens with zero attached hydrogens (tertiary/aromatic N) is 1. The lowest BCUT2D eigenvalue weighted by atomic mass is 9.76. The average Bonchev–Trinajstić information content (AvgIpc) is 1.93. The molecule has 0 spiro atoms. The number of aliphatic hydroxyl groups is 3. The van der Waals surface area contributed by atoms with E-state index in [1.165, 1.54) is 11.1 Å². The molecule has 0 saturated heterocycles. The second kappa shape index (κ2) is 40.2. The van der Waals surface area contributed by atoms with Crippen molar-refractivity contribution in [2.45, 2.75) is 165 Å². The number of fused-ring (bicyclic) bond motifs is 1. The van der Waals surface area contributed by atoms with Crippen molar-refractivity contribution in [1.29, 1.82) is 0 Å². The highest BCUT2D eigenvalue weighted by atomic mass is 35.5. The van der Waals surface area contributed by atoms with Crippen molar-refractivity contribution in [3.63, 3.8) is 0 Å². The van der Waals surface area contributed by atoms with Gasteiger partial charge in [0.1, 0.15) is 17.5 Å². The Bertz CT molecular complexity index is 2430. The molecule has 0 radical (unpaired) electrons. The summed E-state index contributed by atoms with van der Waals surface area (Å²) in [5.41, 5.74) is 1.44. The van der Waals surface area contributed by atoms with Gasteiger partial charge < -0.3 is 85.5 Å². The molecule has 24 nitrogen and oxygen atoms in total. The Morgan fingerprint density at radius 3 is 1.71 bits per heavy atom. The minimum atomic E-state index is -4.87. The van der Waals surface area contributed by atoms with Crippen LogP contribution in [-0.4, -0.2) is 137 Å². The zero-order valence-electron chi connectivity index (χ0n) is 48.6. The van der Waals surface area contributed by atoms with Crippen molar-refractivity contribution in [3.8, 4) is 0 Å². The van der Waals surface area contributed by atoms with E-state index in [4.69, 9.17) is 55.3 Å². The normalized spacial score (nSPS) is 22.4. The Labute approximate surface area is 504 Å². The minimum absolute atomic E-state index is 0.0161. The van der Waals surface area contributed by atoms with Crippen LogP contribution in [0.3, 0.4) is 0 Å². The first kappa shape index (κ1) is 76.6. The molecule has 1 amide bonds. The maximum Gasteiger partial charge on any atom is 0.267 e. The van der Waals surface area contributed by atoms with Gasteiger partial charge in [0, 0.05) is 72.2 Å². The zero-order chi connectivity index (χ0) is 62.2. The number of benzene rings is 2. The van der Waals surface area contributed by atoms with Gasteiger partial charge >= 0.3 is 0 Å². The number of amides is 1. The highest BCUT2D eigenvalue weighted by Crippen LogP contribution is 2.49. The fourth-order valence-corrected chi connectivity index (χ4v) is 12.6. The lowest BCUT2D eigenvalue weighted by Gasteiger charge is -2.37. The zero-order valence-corrected chi connectivity index (χ0v) is 53.7. The first-order valence-electron chi connectivity index (χ1n) is 28.6. The van der Waals surface area contributed by atoms with E-state index in [1.807, 2.05) is 43.1 Å². The number of ketones is 1. The number of phosphoric ester groups is 4. The van der Waals surface area contributed by atoms with Crippen LogP contribution >= 0.6 is 54.5 Å². The van der Waals surface area contributed by atoms with Crippen LogP contribution < -0.4 is 19.6 Å². The molecule has 0 aliphatic heterocycles. The second-order valence-corrected chi connectivity index (χ2v) is 27.1. The molecule has 10 atom stereocenters. The number of carbonyl (C=O) groups is 2. The number of phosphoric acid groups is 4. The molecule has 0 bridgehead atoms. The maximum absolute atomic E-state index is 13.1. The van der Waals surface area contributed by atoms with E-state index >= 15 is 0 Å². The van der Waals surface area contributed by atoms with Crippen molar-refractivity contribution >= 4 is 66.2 Å². The van der Waals surface area contributed by atoms with Crippen molar-refractivity contribution in [2.75, 3.05) is 87.3 Å². The average molecular weight is 1310 g/mol. The van der Waals surface area contributed by atoms with E-state index < -0.39 is 74.7 Å². The Kier molecular flexibility index (Phi) is 36.7.